The van der Waals surface area contributed by atoms with E-state index in [0.29, 0.717) is 6.54 Å². The fourth-order valence-corrected chi connectivity index (χ4v) is 4.07. The maximum absolute atomic E-state index is 11.1. The highest BCUT2D eigenvalue weighted by Crippen LogP contribution is 2.30. The summed E-state index contributed by atoms with van der Waals surface area (Å²) in [4.78, 5) is 21.8. The van der Waals surface area contributed by atoms with Gasteiger partial charge in [-0.2, -0.15) is 0 Å². The Morgan fingerprint density at radius 2 is 2.20 bits per heavy atom. The SMILES string of the molecule is C[C@@H](c1ccc2scnc2c1)N1CCCc2ncc([N+](=O)[O-])cc2C1. The van der Waals surface area contributed by atoms with Gasteiger partial charge in [-0.15, -0.1) is 11.3 Å². The van der Waals surface area contributed by atoms with Crippen LogP contribution in [0.15, 0.2) is 36.0 Å². The van der Waals surface area contributed by atoms with E-state index in [1.807, 2.05) is 5.51 Å². The zero-order valence-electron chi connectivity index (χ0n) is 13.9. The van der Waals surface area contributed by atoms with E-state index in [9.17, 15) is 10.1 Å². The Morgan fingerprint density at radius 1 is 1.32 bits per heavy atom. The van der Waals surface area contributed by atoms with Gasteiger partial charge < -0.3 is 0 Å². The minimum Gasteiger partial charge on any atom is -0.292 e. The highest BCUT2D eigenvalue weighted by Gasteiger charge is 2.23. The Hall–Kier alpha value is -2.38. The standard InChI is InChI=1S/C18H18N4O2S/c1-12(13-4-5-18-17(8-13)20-11-25-18)21-6-2-3-16-14(10-21)7-15(9-19-16)22(23)24/h4-5,7-9,11-12H,2-3,6,10H2,1H3/t12-/m0/s1. The summed E-state index contributed by atoms with van der Waals surface area (Å²) in [6.45, 7) is 3.81. The van der Waals surface area contributed by atoms with Crippen molar-refractivity contribution in [1.29, 1.82) is 0 Å². The molecule has 0 radical (unpaired) electrons. The molecule has 0 bridgehead atoms. The normalized spacial score (nSPS) is 16.4. The van der Waals surface area contributed by atoms with Gasteiger partial charge in [0.1, 0.15) is 6.20 Å². The number of aromatic nitrogens is 2. The van der Waals surface area contributed by atoms with Crippen LogP contribution in [-0.2, 0) is 13.0 Å². The first-order valence-electron chi connectivity index (χ1n) is 8.31. The van der Waals surface area contributed by atoms with E-state index in [1.54, 1.807) is 17.4 Å². The van der Waals surface area contributed by atoms with Gasteiger partial charge >= 0.3 is 0 Å². The van der Waals surface area contributed by atoms with Crippen molar-refractivity contribution >= 4 is 27.2 Å². The number of hydrogen-bond donors (Lipinski definition) is 0. The van der Waals surface area contributed by atoms with E-state index < -0.39 is 0 Å². The second kappa shape index (κ2) is 6.50. The van der Waals surface area contributed by atoms with E-state index in [0.717, 1.165) is 36.2 Å². The van der Waals surface area contributed by atoms with Crippen LogP contribution in [0, 0.1) is 10.1 Å². The van der Waals surface area contributed by atoms with E-state index in [4.69, 9.17) is 0 Å². The van der Waals surface area contributed by atoms with Crippen LogP contribution >= 0.6 is 11.3 Å². The molecule has 3 aromatic rings. The molecule has 0 spiro atoms. The third-order valence-electron chi connectivity index (χ3n) is 4.87. The van der Waals surface area contributed by atoms with Gasteiger partial charge in [-0.3, -0.25) is 20.0 Å². The third kappa shape index (κ3) is 3.12. The quantitative estimate of drug-likeness (QED) is 0.523. The largest absolute Gasteiger partial charge is 0.292 e. The average molecular weight is 354 g/mol. The lowest BCUT2D eigenvalue weighted by Gasteiger charge is -2.28. The van der Waals surface area contributed by atoms with Crippen LogP contribution in [0.5, 0.6) is 0 Å². The summed E-state index contributed by atoms with van der Waals surface area (Å²) in [6, 6.07) is 8.32. The first-order valence-corrected chi connectivity index (χ1v) is 9.19. The van der Waals surface area contributed by atoms with Gasteiger partial charge in [0.15, 0.2) is 0 Å². The Balaban J connectivity index is 1.63. The molecule has 2 aromatic heterocycles. The van der Waals surface area contributed by atoms with Crippen LogP contribution in [0.1, 0.15) is 36.2 Å². The molecule has 1 aliphatic heterocycles. The topological polar surface area (TPSA) is 72.2 Å². The third-order valence-corrected chi connectivity index (χ3v) is 5.68. The van der Waals surface area contributed by atoms with Crippen LogP contribution in [0.4, 0.5) is 5.69 Å². The number of thiazole rings is 1. The van der Waals surface area contributed by atoms with Gasteiger partial charge in [0.25, 0.3) is 5.69 Å². The Bertz CT molecular complexity index is 940. The smallest absolute Gasteiger partial charge is 0.287 e. The molecule has 7 heteroatoms. The summed E-state index contributed by atoms with van der Waals surface area (Å²) in [6.07, 6.45) is 3.23. The fourth-order valence-electron chi connectivity index (χ4n) is 3.41. The van der Waals surface area contributed by atoms with Crippen LogP contribution in [0.3, 0.4) is 0 Å². The number of aryl methyl sites for hydroxylation is 1. The van der Waals surface area contributed by atoms with Crippen molar-refractivity contribution in [2.75, 3.05) is 6.54 Å². The zero-order valence-corrected chi connectivity index (χ0v) is 14.7. The van der Waals surface area contributed by atoms with Gasteiger partial charge in [-0.25, -0.2) is 4.98 Å². The minimum atomic E-state index is -0.373. The van der Waals surface area contributed by atoms with E-state index in [-0.39, 0.29) is 16.7 Å². The first kappa shape index (κ1) is 16.1. The molecular weight excluding hydrogens is 336 g/mol. The molecule has 0 aliphatic carbocycles. The molecule has 0 saturated heterocycles. The summed E-state index contributed by atoms with van der Waals surface area (Å²) in [7, 11) is 0. The second-order valence-corrected chi connectivity index (χ2v) is 7.27. The first-order chi connectivity index (χ1) is 12.1. The number of nitrogens with zero attached hydrogens (tertiary/aromatic N) is 4. The highest BCUT2D eigenvalue weighted by molar-refractivity contribution is 7.16. The van der Waals surface area contributed by atoms with Crippen molar-refractivity contribution in [3.8, 4) is 0 Å². The molecule has 4 rings (SSSR count). The van der Waals surface area contributed by atoms with Crippen LogP contribution in [0.25, 0.3) is 10.2 Å². The number of fused-ring (bicyclic) bond motifs is 2. The summed E-state index contributed by atoms with van der Waals surface area (Å²) < 4.78 is 1.19. The lowest BCUT2D eigenvalue weighted by atomic mass is 10.1. The predicted octanol–water partition coefficient (Wildman–Crippen LogP) is 4.11. The van der Waals surface area contributed by atoms with Crippen molar-refractivity contribution in [3.63, 3.8) is 0 Å². The summed E-state index contributed by atoms with van der Waals surface area (Å²) in [5, 5.41) is 11.1. The van der Waals surface area contributed by atoms with Gasteiger partial charge in [0, 0.05) is 24.3 Å². The molecule has 0 amide bonds. The predicted molar refractivity (Wildman–Crippen MR) is 97.7 cm³/mol. The number of hydrogen-bond acceptors (Lipinski definition) is 6. The average Bonchev–Trinajstić information content (AvgIpc) is 2.98. The number of rotatable bonds is 3. The molecule has 0 fully saturated rings. The summed E-state index contributed by atoms with van der Waals surface area (Å²) in [5.41, 5.74) is 6.13. The van der Waals surface area contributed by atoms with Gasteiger partial charge in [0.05, 0.1) is 20.7 Å². The lowest BCUT2D eigenvalue weighted by Crippen LogP contribution is -2.26. The zero-order chi connectivity index (χ0) is 17.4. The van der Waals surface area contributed by atoms with E-state index >= 15 is 0 Å². The molecule has 0 N–H and O–H groups in total. The molecule has 1 aliphatic rings. The van der Waals surface area contributed by atoms with Crippen LogP contribution in [-0.4, -0.2) is 26.3 Å². The maximum atomic E-state index is 11.1. The van der Waals surface area contributed by atoms with Gasteiger partial charge in [-0.05, 0) is 49.6 Å². The number of pyridine rings is 1. The molecule has 3 heterocycles. The highest BCUT2D eigenvalue weighted by atomic mass is 32.1. The minimum absolute atomic E-state index is 0.0668. The molecule has 128 valence electrons. The van der Waals surface area contributed by atoms with Gasteiger partial charge in [0.2, 0.25) is 0 Å². The lowest BCUT2D eigenvalue weighted by molar-refractivity contribution is -0.385. The molecule has 6 nitrogen and oxygen atoms in total. The molecule has 1 atom stereocenters. The van der Waals surface area contributed by atoms with Crippen molar-refractivity contribution in [2.24, 2.45) is 0 Å². The van der Waals surface area contributed by atoms with Crippen LogP contribution in [0.2, 0.25) is 0 Å². The molecule has 25 heavy (non-hydrogen) atoms. The van der Waals surface area contributed by atoms with E-state index in [1.165, 1.54) is 16.5 Å². The van der Waals surface area contributed by atoms with Crippen molar-refractivity contribution in [1.82, 2.24) is 14.9 Å². The molecule has 0 saturated carbocycles. The van der Waals surface area contributed by atoms with Crippen molar-refractivity contribution in [2.45, 2.75) is 32.4 Å². The molecule has 1 aromatic carbocycles. The molecular formula is C18H18N4O2S. The van der Waals surface area contributed by atoms with Crippen LogP contribution < -0.4 is 0 Å². The summed E-state index contributed by atoms with van der Waals surface area (Å²) in [5.74, 6) is 0. The van der Waals surface area contributed by atoms with E-state index in [2.05, 4.69) is 40.0 Å². The molecule has 0 unspecified atom stereocenters. The Kier molecular flexibility index (Phi) is 4.19. The Morgan fingerprint density at radius 3 is 3.04 bits per heavy atom. The van der Waals surface area contributed by atoms with Crippen molar-refractivity contribution < 1.29 is 4.92 Å². The number of benzene rings is 1. The second-order valence-electron chi connectivity index (χ2n) is 6.39. The monoisotopic (exact) mass is 354 g/mol. The summed E-state index contributed by atoms with van der Waals surface area (Å²) >= 11 is 1.64. The Labute approximate surface area is 149 Å². The maximum Gasteiger partial charge on any atom is 0.287 e. The fraction of sp³-hybridized carbons (Fsp3) is 0.333. The van der Waals surface area contributed by atoms with Crippen molar-refractivity contribution in [3.05, 3.63) is 62.9 Å². The number of nitro groups is 1. The van der Waals surface area contributed by atoms with Gasteiger partial charge in [-0.1, -0.05) is 6.07 Å².